The van der Waals surface area contributed by atoms with E-state index in [1.165, 1.54) is 0 Å². The zero-order chi connectivity index (χ0) is 25.4. The van der Waals surface area contributed by atoms with E-state index in [-0.39, 0.29) is 0 Å². The number of methoxy groups -OCH3 is 1. The van der Waals surface area contributed by atoms with Crippen molar-refractivity contribution < 1.29 is 19.0 Å². The molecule has 1 unspecified atom stereocenters. The maximum absolute atomic E-state index is 13.3. The molecule has 5 rings (SSSR count). The van der Waals surface area contributed by atoms with Gasteiger partial charge < -0.3 is 24.1 Å². The molecule has 0 amide bonds. The van der Waals surface area contributed by atoms with Gasteiger partial charge >= 0.3 is 5.97 Å². The molecule has 1 N–H and O–H groups in total. The summed E-state index contributed by atoms with van der Waals surface area (Å²) in [6.07, 6.45) is 1.70. The van der Waals surface area contributed by atoms with Gasteiger partial charge in [0, 0.05) is 58.8 Å². The summed E-state index contributed by atoms with van der Waals surface area (Å²) >= 11 is 0. The van der Waals surface area contributed by atoms with Gasteiger partial charge in [-0.2, -0.15) is 0 Å². The lowest BCUT2D eigenvalue weighted by Crippen LogP contribution is -2.32. The molecule has 1 aliphatic heterocycles. The van der Waals surface area contributed by atoms with E-state index >= 15 is 0 Å². The van der Waals surface area contributed by atoms with Gasteiger partial charge in [0.25, 0.3) is 0 Å². The lowest BCUT2D eigenvalue weighted by atomic mass is 9.80. The molecule has 4 aromatic rings. The van der Waals surface area contributed by atoms with Crippen LogP contribution in [0.25, 0.3) is 10.9 Å². The number of anilines is 1. The van der Waals surface area contributed by atoms with E-state index < -0.39 is 11.6 Å². The minimum absolute atomic E-state index is 0.419. The third kappa shape index (κ3) is 3.41. The summed E-state index contributed by atoms with van der Waals surface area (Å²) in [5.74, 6) is 0.915. The summed E-state index contributed by atoms with van der Waals surface area (Å²) in [6.45, 7) is 10.4. The molecule has 1 atom stereocenters. The van der Waals surface area contributed by atoms with Crippen LogP contribution < -0.4 is 14.4 Å². The molecule has 0 saturated carbocycles. The minimum atomic E-state index is -1.32. The van der Waals surface area contributed by atoms with Crippen LogP contribution in [0.15, 0.2) is 54.7 Å². The number of hydrogen-bond donors (Lipinski definition) is 1. The summed E-state index contributed by atoms with van der Waals surface area (Å²) in [4.78, 5) is 23.8. The second kappa shape index (κ2) is 9.22. The molecule has 0 radical (unpaired) electrons. The average molecular weight is 486 g/mol. The summed E-state index contributed by atoms with van der Waals surface area (Å²) in [5, 5.41) is 0.846. The zero-order valence-corrected chi connectivity index (χ0v) is 21.3. The molecular weight excluding hydrogens is 454 g/mol. The molecule has 2 aromatic carbocycles. The van der Waals surface area contributed by atoms with Crippen molar-refractivity contribution in [1.29, 1.82) is 0 Å². The zero-order valence-electron chi connectivity index (χ0n) is 21.3. The predicted molar refractivity (Wildman–Crippen MR) is 140 cm³/mol. The molecule has 2 aromatic heterocycles. The third-order valence-corrected chi connectivity index (χ3v) is 6.93. The molecule has 1 aliphatic rings. The van der Waals surface area contributed by atoms with Gasteiger partial charge in [-0.1, -0.05) is 6.07 Å². The van der Waals surface area contributed by atoms with Crippen molar-refractivity contribution in [3.63, 3.8) is 0 Å². The number of nitrogens with zero attached hydrogens (tertiary/aromatic N) is 2. The Labute approximate surface area is 211 Å². The number of aryl methyl sites for hydroxylation is 1. The number of carbonyl (C=O) groups is 1. The van der Waals surface area contributed by atoms with E-state index in [9.17, 15) is 4.79 Å². The molecule has 186 valence electrons. The predicted octanol–water partition coefficient (Wildman–Crippen LogP) is 5.59. The molecule has 7 heteroatoms. The number of H-pyrrole nitrogens is 1. The van der Waals surface area contributed by atoms with E-state index in [4.69, 9.17) is 19.2 Å². The van der Waals surface area contributed by atoms with Gasteiger partial charge in [-0.25, -0.2) is 4.79 Å². The van der Waals surface area contributed by atoms with Crippen LogP contribution in [0.3, 0.4) is 0 Å². The van der Waals surface area contributed by atoms with Crippen molar-refractivity contribution in [1.82, 2.24) is 9.97 Å². The summed E-state index contributed by atoms with van der Waals surface area (Å²) < 4.78 is 18.4. The summed E-state index contributed by atoms with van der Waals surface area (Å²) in [5.41, 5.74) is 3.96. The number of aromatic nitrogens is 2. The topological polar surface area (TPSA) is 76.7 Å². The number of cyclic esters (lactones) is 1. The molecule has 0 fully saturated rings. The van der Waals surface area contributed by atoms with Gasteiger partial charge in [0.2, 0.25) is 5.60 Å². The van der Waals surface area contributed by atoms with E-state index in [0.717, 1.165) is 46.5 Å². The highest BCUT2D eigenvalue weighted by atomic mass is 16.6. The smallest absolute Gasteiger partial charge is 0.341 e. The van der Waals surface area contributed by atoms with Crippen LogP contribution in [-0.4, -0.2) is 42.7 Å². The van der Waals surface area contributed by atoms with E-state index in [1.807, 2.05) is 44.2 Å². The fraction of sp³-hybridized carbons (Fsp3) is 0.310. The molecule has 7 nitrogen and oxygen atoms in total. The van der Waals surface area contributed by atoms with Crippen LogP contribution in [0.4, 0.5) is 5.69 Å². The monoisotopic (exact) mass is 485 g/mol. The van der Waals surface area contributed by atoms with Crippen LogP contribution in [0.1, 0.15) is 53.6 Å². The first-order chi connectivity index (χ1) is 17.5. The van der Waals surface area contributed by atoms with Gasteiger partial charge in [-0.3, -0.25) is 4.98 Å². The highest BCUT2D eigenvalue weighted by molar-refractivity contribution is 5.99. The first-order valence-corrected chi connectivity index (χ1v) is 12.4. The summed E-state index contributed by atoms with van der Waals surface area (Å²) in [7, 11) is 1.64. The van der Waals surface area contributed by atoms with Crippen molar-refractivity contribution in [2.45, 2.75) is 33.3 Å². The van der Waals surface area contributed by atoms with E-state index in [0.29, 0.717) is 29.4 Å². The Bertz CT molecular complexity index is 1440. The number of carbonyl (C=O) groups excluding carboxylic acids is 1. The highest BCUT2D eigenvalue weighted by Gasteiger charge is 2.54. The number of rotatable bonds is 8. The average Bonchev–Trinajstić information content (AvgIpc) is 3.39. The van der Waals surface area contributed by atoms with Gasteiger partial charge in [-0.05, 0) is 64.1 Å². The minimum Gasteiger partial charge on any atom is -0.496 e. The van der Waals surface area contributed by atoms with Crippen LogP contribution in [-0.2, 0) is 10.3 Å². The Hall–Kier alpha value is -4.00. The molecule has 36 heavy (non-hydrogen) atoms. The van der Waals surface area contributed by atoms with Gasteiger partial charge in [0.05, 0.1) is 19.3 Å². The normalized spacial score (nSPS) is 16.6. The maximum atomic E-state index is 13.3. The Morgan fingerprint density at radius 1 is 1.06 bits per heavy atom. The fourth-order valence-corrected chi connectivity index (χ4v) is 5.40. The van der Waals surface area contributed by atoms with Gasteiger partial charge in [0.1, 0.15) is 17.2 Å². The fourth-order valence-electron chi connectivity index (χ4n) is 5.40. The number of ether oxygens (including phenoxy) is 3. The molecule has 0 bridgehead atoms. The summed E-state index contributed by atoms with van der Waals surface area (Å²) in [6, 6.07) is 15.5. The van der Waals surface area contributed by atoms with Crippen molar-refractivity contribution in [3.05, 3.63) is 82.8 Å². The Balaban J connectivity index is 1.90. The Kier molecular flexibility index (Phi) is 6.08. The lowest BCUT2D eigenvalue weighted by molar-refractivity contribution is 0.0238. The van der Waals surface area contributed by atoms with Crippen molar-refractivity contribution in [2.24, 2.45) is 0 Å². The largest absolute Gasteiger partial charge is 0.496 e. The maximum Gasteiger partial charge on any atom is 0.341 e. The number of fused-ring (bicyclic) bond motifs is 2. The quantitative estimate of drug-likeness (QED) is 0.328. The van der Waals surface area contributed by atoms with Crippen LogP contribution in [0, 0.1) is 6.92 Å². The van der Waals surface area contributed by atoms with Crippen LogP contribution in [0.5, 0.6) is 11.5 Å². The number of esters is 1. The molecule has 0 saturated heterocycles. The Morgan fingerprint density at radius 2 is 1.86 bits per heavy atom. The molecule has 0 aliphatic carbocycles. The molecule has 0 spiro atoms. The van der Waals surface area contributed by atoms with Crippen LogP contribution in [0.2, 0.25) is 0 Å². The van der Waals surface area contributed by atoms with Crippen molar-refractivity contribution in [3.8, 4) is 11.5 Å². The molecule has 3 heterocycles. The van der Waals surface area contributed by atoms with Crippen LogP contribution >= 0.6 is 0 Å². The number of pyridine rings is 1. The number of aromatic amines is 1. The molecular formula is C29H31N3O4. The lowest BCUT2D eigenvalue weighted by Gasteiger charge is -2.32. The first kappa shape index (κ1) is 23.7. The van der Waals surface area contributed by atoms with Gasteiger partial charge in [0.15, 0.2) is 0 Å². The third-order valence-electron chi connectivity index (χ3n) is 6.93. The van der Waals surface area contributed by atoms with Gasteiger partial charge in [-0.15, -0.1) is 0 Å². The van der Waals surface area contributed by atoms with Crippen molar-refractivity contribution >= 4 is 22.6 Å². The second-order valence-electron chi connectivity index (χ2n) is 8.76. The van der Waals surface area contributed by atoms with E-state index in [2.05, 4.69) is 29.8 Å². The van der Waals surface area contributed by atoms with Crippen molar-refractivity contribution in [2.75, 3.05) is 31.7 Å². The first-order valence-electron chi connectivity index (χ1n) is 12.4. The second-order valence-corrected chi connectivity index (χ2v) is 8.76. The SMILES string of the molecule is CCOc1cc(N(CC)CC)ccc1C1(c2c(C)[nH]c3cccc(OC)c23)OC(=O)c2cccnc21. The number of benzene rings is 2. The highest BCUT2D eigenvalue weighted by Crippen LogP contribution is 2.53. The number of hydrogen-bond acceptors (Lipinski definition) is 6. The number of nitrogens with one attached hydrogen (secondary N) is 1. The van der Waals surface area contributed by atoms with E-state index in [1.54, 1.807) is 25.4 Å². The standard InChI is InChI=1S/C29H31N3O4/c1-6-32(7-2)19-14-15-21(24(17-19)35-8-3)29(27-20(28(33)36-29)11-10-16-30-27)26-18(4)31-22-12-9-13-23(34-5)25(22)26/h9-17,31H,6-8H2,1-5H3. The Morgan fingerprint density at radius 3 is 2.58 bits per heavy atom.